The van der Waals surface area contributed by atoms with Crippen molar-refractivity contribution in [1.29, 1.82) is 0 Å². The Balaban J connectivity index is 2.10. The number of nitrogens with one attached hydrogen (secondary N) is 1. The fourth-order valence-electron chi connectivity index (χ4n) is 1.37. The third kappa shape index (κ3) is 3.12. The summed E-state index contributed by atoms with van der Waals surface area (Å²) in [5.74, 6) is -2.35. The molecule has 0 aliphatic carbocycles. The number of hydrogen-bond donors (Lipinski definition) is 2. The molecule has 0 aliphatic rings. The second-order valence-corrected chi connectivity index (χ2v) is 3.63. The summed E-state index contributed by atoms with van der Waals surface area (Å²) in [4.78, 5) is 22.2. The fourth-order valence-corrected chi connectivity index (χ4v) is 1.37. The van der Waals surface area contributed by atoms with Gasteiger partial charge in [0.15, 0.2) is 5.69 Å². The maximum atomic E-state index is 13.3. The first kappa shape index (κ1) is 12.7. The molecule has 0 saturated carbocycles. The largest absolute Gasteiger partial charge is 0.480 e. The second kappa shape index (κ2) is 5.25. The highest BCUT2D eigenvalue weighted by Crippen LogP contribution is 2.13. The van der Waals surface area contributed by atoms with Gasteiger partial charge in [0, 0.05) is 0 Å². The molecular weight excluding hydrogens is 255 g/mol. The zero-order valence-corrected chi connectivity index (χ0v) is 9.58. The average Bonchev–Trinajstić information content (AvgIpc) is 2.79. The number of nitrogens with zero attached hydrogens (tertiary/aromatic N) is 3. The Bertz CT molecular complexity index is 626. The molecule has 7 nitrogen and oxygen atoms in total. The maximum absolute atomic E-state index is 13.3. The lowest BCUT2D eigenvalue weighted by Gasteiger charge is -2.03. The van der Waals surface area contributed by atoms with Crippen molar-refractivity contribution in [2.45, 2.75) is 6.54 Å². The van der Waals surface area contributed by atoms with Gasteiger partial charge in [-0.25, -0.2) is 9.07 Å². The number of aliphatic carboxylic acids is 1. The van der Waals surface area contributed by atoms with E-state index in [9.17, 15) is 14.0 Å². The first-order valence-electron chi connectivity index (χ1n) is 5.24. The van der Waals surface area contributed by atoms with E-state index < -0.39 is 24.2 Å². The molecule has 2 aromatic rings. The molecule has 8 heteroatoms. The summed E-state index contributed by atoms with van der Waals surface area (Å²) in [7, 11) is 0. The maximum Gasteiger partial charge on any atom is 0.325 e. The Hall–Kier alpha value is -2.77. The first-order chi connectivity index (χ1) is 9.06. The van der Waals surface area contributed by atoms with Crippen LogP contribution in [0, 0.1) is 5.82 Å². The van der Waals surface area contributed by atoms with Gasteiger partial charge in [0.25, 0.3) is 5.91 Å². The highest BCUT2D eigenvalue weighted by molar-refractivity contribution is 6.02. The van der Waals surface area contributed by atoms with Gasteiger partial charge in [-0.1, -0.05) is 17.3 Å². The Morgan fingerprint density at radius 2 is 2.11 bits per heavy atom. The molecule has 0 saturated heterocycles. The Labute approximate surface area is 106 Å². The van der Waals surface area contributed by atoms with E-state index in [0.29, 0.717) is 0 Å². The van der Waals surface area contributed by atoms with Gasteiger partial charge in [0.05, 0.1) is 11.9 Å². The summed E-state index contributed by atoms with van der Waals surface area (Å²) in [5.41, 5.74) is -0.0789. The van der Waals surface area contributed by atoms with Crippen LogP contribution in [0.1, 0.15) is 10.5 Å². The van der Waals surface area contributed by atoms with E-state index in [4.69, 9.17) is 5.11 Å². The number of benzene rings is 1. The zero-order valence-electron chi connectivity index (χ0n) is 9.58. The SMILES string of the molecule is O=C(O)Cn1cc(C(=O)Nc2ccccc2F)nn1. The molecule has 1 aromatic heterocycles. The summed E-state index contributed by atoms with van der Waals surface area (Å²) in [5, 5.41) is 17.8. The van der Waals surface area contributed by atoms with Crippen molar-refractivity contribution in [1.82, 2.24) is 15.0 Å². The lowest BCUT2D eigenvalue weighted by molar-refractivity contribution is -0.137. The van der Waals surface area contributed by atoms with Gasteiger partial charge < -0.3 is 10.4 Å². The summed E-state index contributed by atoms with van der Waals surface area (Å²) < 4.78 is 14.3. The van der Waals surface area contributed by atoms with Gasteiger partial charge in [-0.15, -0.1) is 5.10 Å². The Morgan fingerprint density at radius 3 is 2.79 bits per heavy atom. The van der Waals surface area contributed by atoms with E-state index in [1.807, 2.05) is 0 Å². The molecule has 0 bridgehead atoms. The van der Waals surface area contributed by atoms with Gasteiger partial charge >= 0.3 is 5.97 Å². The molecular formula is C11H9FN4O3. The van der Waals surface area contributed by atoms with Crippen LogP contribution in [0.5, 0.6) is 0 Å². The Kier molecular flexibility index (Phi) is 3.51. The summed E-state index contributed by atoms with van der Waals surface area (Å²) in [6.07, 6.45) is 1.17. The highest BCUT2D eigenvalue weighted by atomic mass is 19.1. The van der Waals surface area contributed by atoms with E-state index >= 15 is 0 Å². The van der Waals surface area contributed by atoms with Crippen molar-refractivity contribution in [3.63, 3.8) is 0 Å². The summed E-state index contributed by atoms with van der Waals surface area (Å²) in [6.45, 7) is -0.403. The van der Waals surface area contributed by atoms with Gasteiger partial charge in [-0.3, -0.25) is 9.59 Å². The molecule has 1 aromatic carbocycles. The number of anilines is 1. The molecule has 0 unspecified atom stereocenters. The van der Waals surface area contributed by atoms with Crippen LogP contribution in [0.3, 0.4) is 0 Å². The number of carbonyl (C=O) groups is 2. The van der Waals surface area contributed by atoms with E-state index in [-0.39, 0.29) is 11.4 Å². The van der Waals surface area contributed by atoms with Crippen LogP contribution < -0.4 is 5.32 Å². The molecule has 19 heavy (non-hydrogen) atoms. The number of carboxylic acids is 1. The normalized spacial score (nSPS) is 10.2. The quantitative estimate of drug-likeness (QED) is 0.849. The van der Waals surface area contributed by atoms with E-state index in [1.54, 1.807) is 6.07 Å². The topological polar surface area (TPSA) is 97.1 Å². The van der Waals surface area contributed by atoms with E-state index in [1.165, 1.54) is 24.4 Å². The predicted octanol–water partition coefficient (Wildman–Crippen LogP) is 0.754. The molecule has 98 valence electrons. The van der Waals surface area contributed by atoms with Crippen LogP contribution in [0.25, 0.3) is 0 Å². The highest BCUT2D eigenvalue weighted by Gasteiger charge is 2.13. The number of carboxylic acid groups (broad SMARTS) is 1. The molecule has 0 radical (unpaired) electrons. The van der Waals surface area contributed by atoms with E-state index in [0.717, 1.165) is 4.68 Å². The van der Waals surface area contributed by atoms with Gasteiger partial charge in [-0.05, 0) is 12.1 Å². The van der Waals surface area contributed by atoms with Crippen LogP contribution >= 0.6 is 0 Å². The number of amides is 1. The minimum absolute atomic E-state index is 0.0142. The molecule has 0 atom stereocenters. The van der Waals surface area contributed by atoms with Gasteiger partial charge in [0.1, 0.15) is 12.4 Å². The minimum Gasteiger partial charge on any atom is -0.480 e. The van der Waals surface area contributed by atoms with Crippen molar-refractivity contribution in [2.75, 3.05) is 5.32 Å². The van der Waals surface area contributed by atoms with Crippen LogP contribution in [0.4, 0.5) is 10.1 Å². The van der Waals surface area contributed by atoms with Crippen LogP contribution in [0.2, 0.25) is 0 Å². The summed E-state index contributed by atoms with van der Waals surface area (Å²) in [6, 6.07) is 5.67. The van der Waals surface area contributed by atoms with Crippen molar-refractivity contribution in [3.05, 3.63) is 42.0 Å². The van der Waals surface area contributed by atoms with Crippen molar-refractivity contribution < 1.29 is 19.1 Å². The fraction of sp³-hybridized carbons (Fsp3) is 0.0909. The lowest BCUT2D eigenvalue weighted by atomic mass is 10.3. The summed E-state index contributed by atoms with van der Waals surface area (Å²) >= 11 is 0. The zero-order chi connectivity index (χ0) is 13.8. The number of rotatable bonds is 4. The van der Waals surface area contributed by atoms with Crippen molar-refractivity contribution in [3.8, 4) is 0 Å². The molecule has 0 spiro atoms. The third-order valence-electron chi connectivity index (χ3n) is 2.19. The number of halogens is 1. The van der Waals surface area contributed by atoms with Crippen molar-refractivity contribution >= 4 is 17.6 Å². The lowest BCUT2D eigenvalue weighted by Crippen LogP contribution is -2.13. The Morgan fingerprint density at radius 1 is 1.37 bits per heavy atom. The second-order valence-electron chi connectivity index (χ2n) is 3.63. The van der Waals surface area contributed by atoms with Gasteiger partial charge in [-0.2, -0.15) is 0 Å². The van der Waals surface area contributed by atoms with Gasteiger partial charge in [0.2, 0.25) is 0 Å². The molecule has 0 fully saturated rings. The van der Waals surface area contributed by atoms with Crippen LogP contribution in [-0.2, 0) is 11.3 Å². The van der Waals surface area contributed by atoms with Crippen molar-refractivity contribution in [2.24, 2.45) is 0 Å². The number of para-hydroxylation sites is 1. The monoisotopic (exact) mass is 264 g/mol. The number of hydrogen-bond acceptors (Lipinski definition) is 4. The van der Waals surface area contributed by atoms with Crippen LogP contribution in [-0.4, -0.2) is 32.0 Å². The minimum atomic E-state index is -1.11. The number of aromatic nitrogens is 3. The molecule has 2 N–H and O–H groups in total. The predicted molar refractivity (Wildman–Crippen MR) is 62.0 cm³/mol. The number of carbonyl (C=O) groups excluding carboxylic acids is 1. The average molecular weight is 264 g/mol. The molecule has 2 rings (SSSR count). The van der Waals surface area contributed by atoms with E-state index in [2.05, 4.69) is 15.6 Å². The first-order valence-corrected chi connectivity index (χ1v) is 5.24. The molecule has 0 aliphatic heterocycles. The molecule has 1 heterocycles. The standard InChI is InChI=1S/C11H9FN4O3/c12-7-3-1-2-4-8(7)13-11(19)9-5-16(15-14-9)6-10(17)18/h1-5H,6H2,(H,13,19)(H,17,18). The third-order valence-corrected chi connectivity index (χ3v) is 2.19. The van der Waals surface area contributed by atoms with Crippen LogP contribution in [0.15, 0.2) is 30.5 Å². The smallest absolute Gasteiger partial charge is 0.325 e. The molecule has 1 amide bonds.